The van der Waals surface area contributed by atoms with E-state index in [2.05, 4.69) is 12.1 Å². The maximum Gasteiger partial charge on any atom is 0.211 e. The van der Waals surface area contributed by atoms with Crippen molar-refractivity contribution in [2.75, 3.05) is 33.1 Å². The Bertz CT molecular complexity index is 856. The SMILES string of the molecule is COc1ccc(CSC2CCN(S(C)(=O)=O)CC2COCc2ccccc2)cc1. The average molecular weight is 436 g/mol. The fourth-order valence-electron chi connectivity index (χ4n) is 3.49. The van der Waals surface area contributed by atoms with Gasteiger partial charge in [-0.15, -0.1) is 0 Å². The lowest BCUT2D eigenvalue weighted by Crippen LogP contribution is -2.46. The number of piperidine rings is 1. The molecule has 1 aliphatic heterocycles. The fourth-order valence-corrected chi connectivity index (χ4v) is 5.69. The van der Waals surface area contributed by atoms with Gasteiger partial charge in [-0.05, 0) is 29.7 Å². The Morgan fingerprint density at radius 3 is 2.45 bits per heavy atom. The van der Waals surface area contributed by atoms with Gasteiger partial charge in [-0.2, -0.15) is 11.8 Å². The third kappa shape index (κ3) is 6.74. The maximum absolute atomic E-state index is 12.0. The van der Waals surface area contributed by atoms with Crippen LogP contribution in [0.4, 0.5) is 0 Å². The Labute approximate surface area is 178 Å². The number of sulfonamides is 1. The first-order valence-electron chi connectivity index (χ1n) is 9.77. The van der Waals surface area contributed by atoms with E-state index in [1.54, 1.807) is 11.4 Å². The molecular formula is C22H29NO4S2. The van der Waals surface area contributed by atoms with Crippen molar-refractivity contribution in [3.8, 4) is 5.75 Å². The molecule has 0 aliphatic carbocycles. The molecule has 2 unspecified atom stereocenters. The van der Waals surface area contributed by atoms with Gasteiger partial charge >= 0.3 is 0 Å². The first kappa shape index (κ1) is 22.2. The van der Waals surface area contributed by atoms with Crippen LogP contribution in [0.15, 0.2) is 54.6 Å². The van der Waals surface area contributed by atoms with Crippen molar-refractivity contribution in [1.82, 2.24) is 4.31 Å². The van der Waals surface area contributed by atoms with E-state index >= 15 is 0 Å². The normalized spacial score (nSPS) is 20.5. The second kappa shape index (κ2) is 10.5. The summed E-state index contributed by atoms with van der Waals surface area (Å²) in [4.78, 5) is 0. The van der Waals surface area contributed by atoms with Gasteiger partial charge in [0.05, 0.1) is 26.6 Å². The Hall–Kier alpha value is -1.54. The van der Waals surface area contributed by atoms with Gasteiger partial charge in [-0.25, -0.2) is 12.7 Å². The summed E-state index contributed by atoms with van der Waals surface area (Å²) in [7, 11) is -1.51. The fraction of sp³-hybridized carbons (Fsp3) is 0.455. The van der Waals surface area contributed by atoms with Gasteiger partial charge < -0.3 is 9.47 Å². The van der Waals surface area contributed by atoms with Crippen molar-refractivity contribution in [3.63, 3.8) is 0 Å². The molecule has 1 saturated heterocycles. The summed E-state index contributed by atoms with van der Waals surface area (Å²) in [5.41, 5.74) is 2.37. The van der Waals surface area contributed by atoms with Gasteiger partial charge in [0.1, 0.15) is 5.75 Å². The van der Waals surface area contributed by atoms with E-state index in [4.69, 9.17) is 9.47 Å². The molecule has 0 radical (unpaired) electrons. The molecule has 0 spiro atoms. The molecular weight excluding hydrogens is 406 g/mol. The lowest BCUT2D eigenvalue weighted by Gasteiger charge is -2.37. The number of methoxy groups -OCH3 is 1. The topological polar surface area (TPSA) is 55.8 Å². The van der Waals surface area contributed by atoms with E-state index in [9.17, 15) is 8.42 Å². The molecule has 1 heterocycles. The molecule has 3 rings (SSSR count). The summed E-state index contributed by atoms with van der Waals surface area (Å²) < 4.78 is 36.9. The van der Waals surface area contributed by atoms with Crippen LogP contribution in [0.3, 0.4) is 0 Å². The molecule has 0 saturated carbocycles. The van der Waals surface area contributed by atoms with Gasteiger partial charge in [0.2, 0.25) is 10.0 Å². The van der Waals surface area contributed by atoms with Gasteiger partial charge in [0.25, 0.3) is 0 Å². The number of thioether (sulfide) groups is 1. The minimum absolute atomic E-state index is 0.172. The van der Waals surface area contributed by atoms with Crippen LogP contribution in [-0.2, 0) is 27.1 Å². The van der Waals surface area contributed by atoms with Crippen LogP contribution in [-0.4, -0.2) is 51.0 Å². The Morgan fingerprint density at radius 1 is 1.07 bits per heavy atom. The van der Waals surface area contributed by atoms with E-state index in [-0.39, 0.29) is 5.92 Å². The minimum atomic E-state index is -3.18. The Morgan fingerprint density at radius 2 is 1.79 bits per heavy atom. The molecule has 1 fully saturated rings. The van der Waals surface area contributed by atoms with Crippen molar-refractivity contribution in [2.24, 2.45) is 5.92 Å². The summed E-state index contributed by atoms with van der Waals surface area (Å²) in [5.74, 6) is 1.92. The van der Waals surface area contributed by atoms with Gasteiger partial charge in [-0.1, -0.05) is 42.5 Å². The number of hydrogen-bond donors (Lipinski definition) is 0. The summed E-state index contributed by atoms with van der Waals surface area (Å²) >= 11 is 1.89. The van der Waals surface area contributed by atoms with Gasteiger partial charge in [0, 0.05) is 30.0 Å². The Kier molecular flexibility index (Phi) is 8.00. The highest BCUT2D eigenvalue weighted by molar-refractivity contribution is 7.99. The summed E-state index contributed by atoms with van der Waals surface area (Å²) in [6.45, 7) is 2.20. The van der Waals surface area contributed by atoms with Crippen molar-refractivity contribution in [2.45, 2.75) is 24.0 Å². The summed E-state index contributed by atoms with van der Waals surface area (Å²) in [6, 6.07) is 18.2. The first-order valence-corrected chi connectivity index (χ1v) is 12.7. The lowest BCUT2D eigenvalue weighted by molar-refractivity contribution is 0.0699. The van der Waals surface area contributed by atoms with Crippen LogP contribution in [0.5, 0.6) is 5.75 Å². The smallest absolute Gasteiger partial charge is 0.211 e. The van der Waals surface area contributed by atoms with Gasteiger partial charge in [0.15, 0.2) is 0 Å². The molecule has 2 aromatic rings. The Balaban J connectivity index is 1.59. The van der Waals surface area contributed by atoms with Gasteiger partial charge in [-0.3, -0.25) is 0 Å². The van der Waals surface area contributed by atoms with Crippen molar-refractivity contribution >= 4 is 21.8 Å². The van der Waals surface area contributed by atoms with Crippen LogP contribution in [0.2, 0.25) is 0 Å². The molecule has 2 aromatic carbocycles. The largest absolute Gasteiger partial charge is 0.497 e. The van der Waals surface area contributed by atoms with E-state index in [0.717, 1.165) is 23.5 Å². The number of benzene rings is 2. The minimum Gasteiger partial charge on any atom is -0.497 e. The number of rotatable bonds is 9. The zero-order chi connectivity index (χ0) is 20.7. The molecule has 5 nitrogen and oxygen atoms in total. The predicted molar refractivity (Wildman–Crippen MR) is 119 cm³/mol. The monoisotopic (exact) mass is 435 g/mol. The highest BCUT2D eigenvalue weighted by atomic mass is 32.2. The maximum atomic E-state index is 12.0. The summed E-state index contributed by atoms with van der Waals surface area (Å²) in [6.07, 6.45) is 2.13. The van der Waals surface area contributed by atoms with E-state index in [1.165, 1.54) is 11.8 Å². The molecule has 158 valence electrons. The molecule has 29 heavy (non-hydrogen) atoms. The molecule has 0 amide bonds. The number of hydrogen-bond acceptors (Lipinski definition) is 5. The summed E-state index contributed by atoms with van der Waals surface area (Å²) in [5, 5.41) is 0.367. The second-order valence-electron chi connectivity index (χ2n) is 7.37. The molecule has 0 aromatic heterocycles. The lowest BCUT2D eigenvalue weighted by atomic mass is 10.00. The van der Waals surface area contributed by atoms with Crippen LogP contribution < -0.4 is 4.74 Å². The highest BCUT2D eigenvalue weighted by Gasteiger charge is 2.33. The zero-order valence-corrected chi connectivity index (χ0v) is 18.6. The van der Waals surface area contributed by atoms with Crippen molar-refractivity contribution < 1.29 is 17.9 Å². The highest BCUT2D eigenvalue weighted by Crippen LogP contribution is 2.32. The quantitative estimate of drug-likeness (QED) is 0.600. The average Bonchev–Trinajstić information content (AvgIpc) is 2.73. The van der Waals surface area contributed by atoms with Crippen LogP contribution >= 0.6 is 11.8 Å². The third-order valence-corrected chi connectivity index (χ3v) is 7.98. The second-order valence-corrected chi connectivity index (χ2v) is 10.6. The molecule has 0 N–H and O–H groups in total. The van der Waals surface area contributed by atoms with Crippen LogP contribution in [0.25, 0.3) is 0 Å². The predicted octanol–water partition coefficient (Wildman–Crippen LogP) is 3.80. The van der Waals surface area contributed by atoms with Crippen LogP contribution in [0.1, 0.15) is 17.5 Å². The van der Waals surface area contributed by atoms with Crippen molar-refractivity contribution in [1.29, 1.82) is 0 Å². The first-order chi connectivity index (χ1) is 14.0. The molecule has 7 heteroatoms. The molecule has 0 bridgehead atoms. The van der Waals surface area contributed by atoms with E-state index < -0.39 is 10.0 Å². The number of ether oxygens (including phenoxy) is 2. The van der Waals surface area contributed by atoms with Crippen LogP contribution in [0, 0.1) is 5.92 Å². The zero-order valence-electron chi connectivity index (χ0n) is 17.0. The molecule has 2 atom stereocenters. The molecule has 1 aliphatic rings. The number of nitrogens with zero attached hydrogens (tertiary/aromatic N) is 1. The van der Waals surface area contributed by atoms with E-state index in [0.29, 0.717) is 31.6 Å². The standard InChI is InChI=1S/C22H29NO4S2/c1-26-21-10-8-19(9-11-21)17-28-22-12-13-23(29(2,24)25)14-20(22)16-27-15-18-6-4-3-5-7-18/h3-11,20,22H,12-17H2,1-2H3. The van der Waals surface area contributed by atoms with Crippen molar-refractivity contribution in [3.05, 3.63) is 65.7 Å². The third-order valence-electron chi connectivity index (χ3n) is 5.16. The van der Waals surface area contributed by atoms with E-state index in [1.807, 2.05) is 54.2 Å².